The fourth-order valence-electron chi connectivity index (χ4n) is 1.42. The van der Waals surface area contributed by atoms with Crippen LogP contribution in [0.5, 0.6) is 0 Å². The molecule has 0 saturated carbocycles. The van der Waals surface area contributed by atoms with Crippen molar-refractivity contribution in [1.82, 2.24) is 4.98 Å². The number of hydrogen-bond donors (Lipinski definition) is 0. The van der Waals surface area contributed by atoms with Crippen molar-refractivity contribution in [2.75, 3.05) is 18.5 Å². The first-order valence-electron chi connectivity index (χ1n) is 5.27. The highest BCUT2D eigenvalue weighted by atomic mass is 32.1. The van der Waals surface area contributed by atoms with Gasteiger partial charge in [-0.05, 0) is 12.3 Å². The average molecular weight is 226 g/mol. The third kappa shape index (κ3) is 2.78. The number of thiazole rings is 1. The largest absolute Gasteiger partial charge is 0.351 e. The lowest BCUT2D eigenvalue weighted by molar-refractivity contribution is 0.112. The number of aldehydes is 1. The third-order valence-electron chi connectivity index (χ3n) is 2.21. The molecule has 1 aromatic heterocycles. The van der Waals surface area contributed by atoms with Gasteiger partial charge in [0.15, 0.2) is 11.4 Å². The molecule has 1 heterocycles. The summed E-state index contributed by atoms with van der Waals surface area (Å²) in [7, 11) is 2.01. The summed E-state index contributed by atoms with van der Waals surface area (Å²) in [6.45, 7) is 7.23. The van der Waals surface area contributed by atoms with E-state index in [-0.39, 0.29) is 0 Å². The molecule has 0 fully saturated rings. The summed E-state index contributed by atoms with van der Waals surface area (Å²) in [6.07, 6.45) is 2.00. The maximum absolute atomic E-state index is 10.9. The lowest BCUT2D eigenvalue weighted by Crippen LogP contribution is -2.17. The number of nitrogens with zero attached hydrogens (tertiary/aromatic N) is 2. The van der Waals surface area contributed by atoms with Crippen molar-refractivity contribution in [1.29, 1.82) is 0 Å². The number of carbonyl (C=O) groups excluding carboxylic acids is 1. The molecule has 0 spiro atoms. The van der Waals surface area contributed by atoms with Gasteiger partial charge in [0.25, 0.3) is 0 Å². The Hall–Kier alpha value is -0.900. The summed E-state index contributed by atoms with van der Waals surface area (Å²) >= 11 is 1.48. The minimum atomic E-state index is 0.310. The lowest BCUT2D eigenvalue weighted by Gasteiger charge is -2.13. The monoisotopic (exact) mass is 226 g/mol. The zero-order valence-corrected chi connectivity index (χ0v) is 10.6. The van der Waals surface area contributed by atoms with Gasteiger partial charge in [-0.3, -0.25) is 4.79 Å². The quantitative estimate of drug-likeness (QED) is 0.724. The van der Waals surface area contributed by atoms with Gasteiger partial charge in [-0.1, -0.05) is 32.1 Å². The third-order valence-corrected chi connectivity index (χ3v) is 3.32. The van der Waals surface area contributed by atoms with E-state index in [1.807, 2.05) is 7.05 Å². The Bertz CT molecular complexity index is 333. The molecule has 84 valence electrons. The molecule has 0 aliphatic heterocycles. The Labute approximate surface area is 95.1 Å². The van der Waals surface area contributed by atoms with Gasteiger partial charge in [0.1, 0.15) is 0 Å². The molecule has 0 bridgehead atoms. The van der Waals surface area contributed by atoms with Gasteiger partial charge in [-0.2, -0.15) is 0 Å². The van der Waals surface area contributed by atoms with Crippen LogP contribution in [0, 0.1) is 0 Å². The first kappa shape index (κ1) is 12.2. The molecule has 0 amide bonds. The lowest BCUT2D eigenvalue weighted by atomic mass is 10.1. The molecule has 3 nitrogen and oxygen atoms in total. The van der Waals surface area contributed by atoms with Crippen molar-refractivity contribution in [2.24, 2.45) is 0 Å². The van der Waals surface area contributed by atoms with Crippen molar-refractivity contribution < 1.29 is 4.79 Å². The summed E-state index contributed by atoms with van der Waals surface area (Å²) in [5.74, 6) is 0.310. The average Bonchev–Trinajstić information content (AvgIpc) is 2.61. The molecule has 0 unspecified atom stereocenters. The first-order valence-corrected chi connectivity index (χ1v) is 6.08. The van der Waals surface area contributed by atoms with Gasteiger partial charge >= 0.3 is 0 Å². The van der Waals surface area contributed by atoms with E-state index in [1.165, 1.54) is 11.3 Å². The van der Waals surface area contributed by atoms with Gasteiger partial charge in [0, 0.05) is 13.6 Å². The zero-order valence-electron chi connectivity index (χ0n) is 9.78. The standard InChI is InChI=1S/C11H18N2OS/c1-5-6-13(4)11-12-10(8(2)3)9(7-14)15-11/h7-8H,5-6H2,1-4H3. The minimum Gasteiger partial charge on any atom is -0.351 e. The second-order valence-corrected chi connectivity index (χ2v) is 4.95. The van der Waals surface area contributed by atoms with E-state index in [0.717, 1.165) is 35.0 Å². The zero-order chi connectivity index (χ0) is 11.4. The maximum atomic E-state index is 10.9. The van der Waals surface area contributed by atoms with E-state index in [0.29, 0.717) is 5.92 Å². The number of rotatable bonds is 5. The maximum Gasteiger partial charge on any atom is 0.185 e. The highest BCUT2D eigenvalue weighted by Gasteiger charge is 2.15. The summed E-state index contributed by atoms with van der Waals surface area (Å²) in [4.78, 5) is 18.3. The van der Waals surface area contributed by atoms with Crippen molar-refractivity contribution in [2.45, 2.75) is 33.1 Å². The molecule has 0 radical (unpaired) electrons. The fourth-order valence-corrected chi connectivity index (χ4v) is 2.45. The minimum absolute atomic E-state index is 0.310. The Morgan fingerprint density at radius 2 is 2.20 bits per heavy atom. The van der Waals surface area contributed by atoms with Gasteiger partial charge in [-0.15, -0.1) is 0 Å². The molecule has 0 aliphatic carbocycles. The molecular weight excluding hydrogens is 208 g/mol. The van der Waals surface area contributed by atoms with E-state index >= 15 is 0 Å². The van der Waals surface area contributed by atoms with Crippen LogP contribution in [0.25, 0.3) is 0 Å². The van der Waals surface area contributed by atoms with E-state index in [2.05, 4.69) is 30.7 Å². The number of anilines is 1. The smallest absolute Gasteiger partial charge is 0.185 e. The van der Waals surface area contributed by atoms with E-state index in [1.54, 1.807) is 0 Å². The van der Waals surface area contributed by atoms with Crippen LogP contribution < -0.4 is 4.90 Å². The highest BCUT2D eigenvalue weighted by Crippen LogP contribution is 2.28. The Balaban J connectivity index is 2.96. The highest BCUT2D eigenvalue weighted by molar-refractivity contribution is 7.17. The number of hydrogen-bond acceptors (Lipinski definition) is 4. The van der Waals surface area contributed by atoms with Crippen LogP contribution in [0.15, 0.2) is 0 Å². The van der Waals surface area contributed by atoms with Crippen LogP contribution in [0.1, 0.15) is 48.5 Å². The number of carbonyl (C=O) groups is 1. The molecule has 0 aromatic carbocycles. The predicted octanol–water partition coefficient (Wildman–Crippen LogP) is 2.93. The fraction of sp³-hybridized carbons (Fsp3) is 0.636. The topological polar surface area (TPSA) is 33.2 Å². The Kier molecular flexibility index (Phi) is 4.27. The molecule has 0 atom stereocenters. The van der Waals surface area contributed by atoms with Crippen molar-refractivity contribution >= 4 is 22.8 Å². The Morgan fingerprint density at radius 1 is 1.53 bits per heavy atom. The van der Waals surface area contributed by atoms with E-state index < -0.39 is 0 Å². The normalized spacial score (nSPS) is 10.7. The van der Waals surface area contributed by atoms with Crippen LogP contribution in [0.4, 0.5) is 5.13 Å². The van der Waals surface area contributed by atoms with Gasteiger partial charge in [0.2, 0.25) is 0 Å². The molecule has 15 heavy (non-hydrogen) atoms. The molecule has 1 aromatic rings. The van der Waals surface area contributed by atoms with Crippen molar-refractivity contribution in [3.8, 4) is 0 Å². The van der Waals surface area contributed by atoms with Gasteiger partial charge in [-0.25, -0.2) is 4.98 Å². The van der Waals surface area contributed by atoms with E-state index in [4.69, 9.17) is 0 Å². The summed E-state index contributed by atoms with van der Waals surface area (Å²) < 4.78 is 0. The summed E-state index contributed by atoms with van der Waals surface area (Å²) in [5, 5.41) is 0.947. The molecule has 1 rings (SSSR count). The molecular formula is C11H18N2OS. The van der Waals surface area contributed by atoms with Gasteiger partial charge in [0.05, 0.1) is 10.6 Å². The predicted molar refractivity (Wildman–Crippen MR) is 65.2 cm³/mol. The van der Waals surface area contributed by atoms with Crippen LogP contribution in [-0.2, 0) is 0 Å². The van der Waals surface area contributed by atoms with Crippen molar-refractivity contribution in [3.63, 3.8) is 0 Å². The van der Waals surface area contributed by atoms with Crippen LogP contribution in [0.3, 0.4) is 0 Å². The van der Waals surface area contributed by atoms with Crippen LogP contribution >= 0.6 is 11.3 Å². The summed E-state index contributed by atoms with van der Waals surface area (Å²) in [6, 6.07) is 0. The molecule has 0 saturated heterocycles. The SMILES string of the molecule is CCCN(C)c1nc(C(C)C)c(C=O)s1. The number of aromatic nitrogens is 1. The molecule has 0 aliphatic rings. The second kappa shape index (κ2) is 5.26. The molecule has 0 N–H and O–H groups in total. The Morgan fingerprint density at radius 3 is 2.60 bits per heavy atom. The van der Waals surface area contributed by atoms with Gasteiger partial charge < -0.3 is 4.90 Å². The first-order chi connectivity index (χ1) is 7.10. The van der Waals surface area contributed by atoms with Crippen LogP contribution in [0.2, 0.25) is 0 Å². The van der Waals surface area contributed by atoms with Crippen molar-refractivity contribution in [3.05, 3.63) is 10.6 Å². The second-order valence-electron chi connectivity index (χ2n) is 3.94. The van der Waals surface area contributed by atoms with Crippen LogP contribution in [-0.4, -0.2) is 24.9 Å². The van der Waals surface area contributed by atoms with E-state index in [9.17, 15) is 4.79 Å². The summed E-state index contributed by atoms with van der Waals surface area (Å²) in [5.41, 5.74) is 0.924. The molecule has 4 heteroatoms.